The predicted octanol–water partition coefficient (Wildman–Crippen LogP) is 2.94. The zero-order valence-electron chi connectivity index (χ0n) is 17.4. The van der Waals surface area contributed by atoms with Crippen molar-refractivity contribution in [3.05, 3.63) is 66.2 Å². The van der Waals surface area contributed by atoms with E-state index in [2.05, 4.69) is 0 Å². The molecule has 0 spiro atoms. The second-order valence-electron chi connectivity index (χ2n) is 8.71. The maximum atomic E-state index is 13.0. The monoisotopic (exact) mass is 446 g/mol. The SMILES string of the molecule is C[C@@]1(O)[C@@H]2C[C@H](C[C@H]1OC(=O)c1ccccc1)[C@@](C)(CS(=O)(=O)c1ccccc1)OO2. The Bertz CT molecular complexity index is 1040. The lowest BCUT2D eigenvalue weighted by molar-refractivity contribution is -0.448. The van der Waals surface area contributed by atoms with Crippen molar-refractivity contribution in [1.29, 1.82) is 0 Å². The smallest absolute Gasteiger partial charge is 0.338 e. The van der Waals surface area contributed by atoms with Crippen LogP contribution in [0.4, 0.5) is 0 Å². The minimum absolute atomic E-state index is 0.205. The highest BCUT2D eigenvalue weighted by atomic mass is 32.2. The molecule has 0 aromatic heterocycles. The zero-order chi connectivity index (χ0) is 22.3. The van der Waals surface area contributed by atoms with Crippen molar-refractivity contribution < 1.29 is 32.8 Å². The van der Waals surface area contributed by atoms with Gasteiger partial charge >= 0.3 is 5.97 Å². The lowest BCUT2D eigenvalue weighted by Gasteiger charge is -2.53. The van der Waals surface area contributed by atoms with Crippen LogP contribution in [0.15, 0.2) is 65.6 Å². The summed E-state index contributed by atoms with van der Waals surface area (Å²) in [6.45, 7) is 3.23. The fourth-order valence-electron chi connectivity index (χ4n) is 4.34. The number of ether oxygens (including phenoxy) is 1. The Balaban J connectivity index is 1.55. The minimum atomic E-state index is -3.64. The van der Waals surface area contributed by atoms with Gasteiger partial charge in [0.05, 0.1) is 16.2 Å². The Morgan fingerprint density at radius 1 is 1.06 bits per heavy atom. The minimum Gasteiger partial charge on any atom is -0.456 e. The topological polar surface area (TPSA) is 99.1 Å². The van der Waals surface area contributed by atoms with Gasteiger partial charge in [0.25, 0.3) is 0 Å². The van der Waals surface area contributed by atoms with Crippen molar-refractivity contribution in [2.24, 2.45) is 5.92 Å². The highest BCUT2D eigenvalue weighted by Crippen LogP contribution is 2.47. The molecular weight excluding hydrogens is 420 g/mol. The third kappa shape index (κ3) is 4.25. The molecule has 166 valence electrons. The summed E-state index contributed by atoms with van der Waals surface area (Å²) in [5.41, 5.74) is -2.25. The van der Waals surface area contributed by atoms with Crippen molar-refractivity contribution >= 4 is 15.8 Å². The number of benzene rings is 2. The van der Waals surface area contributed by atoms with E-state index in [0.29, 0.717) is 12.0 Å². The Morgan fingerprint density at radius 3 is 2.32 bits per heavy atom. The maximum Gasteiger partial charge on any atom is 0.338 e. The van der Waals surface area contributed by atoms with E-state index >= 15 is 0 Å². The zero-order valence-corrected chi connectivity index (χ0v) is 18.2. The van der Waals surface area contributed by atoms with E-state index in [4.69, 9.17) is 14.5 Å². The highest BCUT2D eigenvalue weighted by molar-refractivity contribution is 7.91. The number of esters is 1. The third-order valence-electron chi connectivity index (χ3n) is 6.36. The van der Waals surface area contributed by atoms with Crippen LogP contribution in [0.2, 0.25) is 0 Å². The molecule has 2 aliphatic rings. The lowest BCUT2D eigenvalue weighted by atomic mass is 9.69. The van der Waals surface area contributed by atoms with Gasteiger partial charge in [0.1, 0.15) is 23.4 Å². The number of fused-ring (bicyclic) bond motifs is 2. The molecule has 7 nitrogen and oxygen atoms in total. The maximum absolute atomic E-state index is 13.0. The molecule has 31 heavy (non-hydrogen) atoms. The van der Waals surface area contributed by atoms with Gasteiger partial charge < -0.3 is 9.84 Å². The number of hydrogen-bond acceptors (Lipinski definition) is 7. The second-order valence-corrected chi connectivity index (χ2v) is 10.7. The van der Waals surface area contributed by atoms with Gasteiger partial charge in [-0.15, -0.1) is 0 Å². The summed E-state index contributed by atoms with van der Waals surface area (Å²) < 4.78 is 31.6. The fourth-order valence-corrected chi connectivity index (χ4v) is 6.12. The summed E-state index contributed by atoms with van der Waals surface area (Å²) in [5.74, 6) is -1.13. The van der Waals surface area contributed by atoms with E-state index in [1.165, 1.54) is 0 Å². The summed E-state index contributed by atoms with van der Waals surface area (Å²) >= 11 is 0. The normalized spacial score (nSPS) is 32.9. The quantitative estimate of drug-likeness (QED) is 0.557. The van der Waals surface area contributed by atoms with Crippen LogP contribution < -0.4 is 0 Å². The van der Waals surface area contributed by atoms with Gasteiger partial charge in [-0.25, -0.2) is 23.0 Å². The fraction of sp³-hybridized carbons (Fsp3) is 0.435. The molecule has 2 aromatic rings. The first-order valence-corrected chi connectivity index (χ1v) is 11.9. The molecule has 1 heterocycles. The summed E-state index contributed by atoms with van der Waals surface area (Å²) in [4.78, 5) is 23.9. The molecule has 0 unspecified atom stereocenters. The largest absolute Gasteiger partial charge is 0.456 e. The second kappa shape index (κ2) is 8.02. The van der Waals surface area contributed by atoms with Crippen LogP contribution in [0.3, 0.4) is 0 Å². The van der Waals surface area contributed by atoms with Crippen LogP contribution in [0.5, 0.6) is 0 Å². The Morgan fingerprint density at radius 2 is 1.68 bits per heavy atom. The Kier molecular flexibility index (Phi) is 5.68. The van der Waals surface area contributed by atoms with E-state index in [1.807, 2.05) is 0 Å². The van der Waals surface area contributed by atoms with Crippen molar-refractivity contribution in [2.45, 2.75) is 55.0 Å². The molecule has 4 rings (SSSR count). The number of carbonyl (C=O) groups excluding carboxylic acids is 1. The number of carbonyl (C=O) groups is 1. The van der Waals surface area contributed by atoms with Gasteiger partial charge in [-0.05, 0) is 56.9 Å². The molecule has 1 saturated heterocycles. The standard InChI is InChI=1S/C23H26O7S/c1-22(15-31(26,27)18-11-7-4-8-12-18)17-13-19(23(2,25)20(14-17)29-30-22)28-21(24)16-9-5-3-6-10-16/h3-12,17,19-20,25H,13-15H2,1-2H3/t17-,19+,20-,22+,23-/m0/s1. The molecule has 1 aliphatic carbocycles. The highest BCUT2D eigenvalue weighted by Gasteiger charge is 2.58. The summed E-state index contributed by atoms with van der Waals surface area (Å²) in [6, 6.07) is 16.7. The van der Waals surface area contributed by atoms with Gasteiger partial charge in [-0.3, -0.25) is 0 Å². The molecule has 2 fully saturated rings. The average molecular weight is 447 g/mol. The molecule has 0 amide bonds. The first kappa shape index (κ1) is 22.0. The number of hydrogen-bond donors (Lipinski definition) is 1. The summed E-state index contributed by atoms with van der Waals surface area (Å²) in [5, 5.41) is 11.0. The molecule has 1 N–H and O–H groups in total. The number of rotatable bonds is 5. The Hall–Kier alpha value is -2.26. The van der Waals surface area contributed by atoms with Crippen LogP contribution >= 0.6 is 0 Å². The number of aliphatic hydroxyl groups is 1. The van der Waals surface area contributed by atoms with Crippen LogP contribution in [-0.2, 0) is 24.3 Å². The van der Waals surface area contributed by atoms with Gasteiger partial charge in [0.15, 0.2) is 9.84 Å². The van der Waals surface area contributed by atoms with Gasteiger partial charge in [-0.1, -0.05) is 36.4 Å². The van der Waals surface area contributed by atoms with Crippen LogP contribution in [-0.4, -0.2) is 48.7 Å². The predicted molar refractivity (Wildman–Crippen MR) is 112 cm³/mol. The van der Waals surface area contributed by atoms with E-state index < -0.39 is 39.2 Å². The molecule has 2 aromatic carbocycles. The van der Waals surface area contributed by atoms with Crippen LogP contribution in [0.1, 0.15) is 37.0 Å². The molecule has 1 saturated carbocycles. The molecule has 5 atom stereocenters. The Labute approximate surface area is 181 Å². The first-order chi connectivity index (χ1) is 14.6. The lowest BCUT2D eigenvalue weighted by Crippen LogP contribution is -2.64. The van der Waals surface area contributed by atoms with E-state index in [9.17, 15) is 18.3 Å². The number of sulfone groups is 1. The average Bonchev–Trinajstić information content (AvgIpc) is 2.74. The van der Waals surface area contributed by atoms with Gasteiger partial charge in [0.2, 0.25) is 0 Å². The third-order valence-corrected chi connectivity index (χ3v) is 8.30. The molecule has 1 aliphatic heterocycles. The van der Waals surface area contributed by atoms with E-state index in [-0.39, 0.29) is 23.0 Å². The van der Waals surface area contributed by atoms with Crippen molar-refractivity contribution in [3.63, 3.8) is 0 Å². The van der Waals surface area contributed by atoms with Crippen molar-refractivity contribution in [1.82, 2.24) is 0 Å². The van der Waals surface area contributed by atoms with Gasteiger partial charge in [0, 0.05) is 0 Å². The molecule has 2 bridgehead atoms. The van der Waals surface area contributed by atoms with Crippen molar-refractivity contribution in [3.8, 4) is 0 Å². The van der Waals surface area contributed by atoms with E-state index in [0.717, 1.165) is 0 Å². The summed E-state index contributed by atoms with van der Waals surface area (Å²) in [7, 11) is -3.64. The van der Waals surface area contributed by atoms with Gasteiger partial charge in [-0.2, -0.15) is 0 Å². The van der Waals surface area contributed by atoms with E-state index in [1.54, 1.807) is 74.5 Å². The van der Waals surface area contributed by atoms with Crippen LogP contribution in [0.25, 0.3) is 0 Å². The molecular formula is C23H26O7S. The van der Waals surface area contributed by atoms with Crippen LogP contribution in [0, 0.1) is 5.92 Å². The summed E-state index contributed by atoms with van der Waals surface area (Å²) in [6.07, 6.45) is -0.960. The molecule has 0 radical (unpaired) electrons. The molecule has 8 heteroatoms. The van der Waals surface area contributed by atoms with Crippen molar-refractivity contribution in [2.75, 3.05) is 5.75 Å². The first-order valence-electron chi connectivity index (χ1n) is 10.2.